The van der Waals surface area contributed by atoms with Crippen LogP contribution in [0.5, 0.6) is 0 Å². The first kappa shape index (κ1) is 20.0. The van der Waals surface area contributed by atoms with Gasteiger partial charge in [-0.15, -0.1) is 10.2 Å². The molecule has 1 atom stereocenters. The number of para-hydroxylation sites is 1. The highest BCUT2D eigenvalue weighted by Gasteiger charge is 2.35. The second-order valence-electron chi connectivity index (χ2n) is 6.25. The van der Waals surface area contributed by atoms with E-state index >= 15 is 0 Å². The summed E-state index contributed by atoms with van der Waals surface area (Å²) in [6.45, 7) is 0. The third kappa shape index (κ3) is 4.31. The van der Waals surface area contributed by atoms with Crippen molar-refractivity contribution in [2.24, 2.45) is 10.8 Å². The second kappa shape index (κ2) is 8.59. The van der Waals surface area contributed by atoms with Crippen molar-refractivity contribution in [1.82, 2.24) is 10.2 Å². The number of anilines is 2. The number of nitrogens with two attached hydrogens (primary N) is 1. The molecule has 0 saturated heterocycles. The third-order valence-electron chi connectivity index (χ3n) is 4.26. The van der Waals surface area contributed by atoms with Crippen molar-refractivity contribution in [3.63, 3.8) is 0 Å². The largest absolute Gasteiger partial charge is 0.368 e. The lowest BCUT2D eigenvalue weighted by Gasteiger charge is -2.20. The lowest BCUT2D eigenvalue weighted by atomic mass is 10.1. The molecule has 0 saturated carbocycles. The van der Waals surface area contributed by atoms with Gasteiger partial charge in [-0.25, -0.2) is 4.39 Å². The Morgan fingerprint density at radius 1 is 1.20 bits per heavy atom. The van der Waals surface area contributed by atoms with Gasteiger partial charge in [0, 0.05) is 11.3 Å². The maximum absolute atomic E-state index is 13.2. The van der Waals surface area contributed by atoms with Gasteiger partial charge < -0.3 is 11.1 Å². The number of hydrogen-bond acceptors (Lipinski definition) is 8. The van der Waals surface area contributed by atoms with Crippen LogP contribution in [-0.2, 0) is 9.59 Å². The lowest BCUT2D eigenvalue weighted by molar-refractivity contribution is -0.119. The number of halogens is 1. The predicted molar refractivity (Wildman–Crippen MR) is 113 cm³/mol. The zero-order valence-electron chi connectivity index (χ0n) is 15.4. The van der Waals surface area contributed by atoms with Crippen LogP contribution in [-0.4, -0.2) is 33.8 Å². The van der Waals surface area contributed by atoms with E-state index in [1.54, 1.807) is 17.6 Å². The zero-order valence-corrected chi connectivity index (χ0v) is 17.0. The number of nitrogens with one attached hydrogen (secondary N) is 1. The number of hydrazone groups is 1. The molecular formula is C19H15FN6O2S2. The molecule has 152 valence electrons. The first-order valence-electron chi connectivity index (χ1n) is 8.77. The molecule has 2 aromatic carbocycles. The lowest BCUT2D eigenvalue weighted by Crippen LogP contribution is -2.39. The van der Waals surface area contributed by atoms with Crippen molar-refractivity contribution in [1.29, 1.82) is 0 Å². The summed E-state index contributed by atoms with van der Waals surface area (Å²) in [6, 6.07) is 11.9. The summed E-state index contributed by atoms with van der Waals surface area (Å²) in [7, 11) is 0. The van der Waals surface area contributed by atoms with Crippen LogP contribution in [0.15, 0.2) is 68.4 Å². The normalized spacial score (nSPS) is 15.7. The Labute approximate surface area is 179 Å². The van der Waals surface area contributed by atoms with E-state index in [2.05, 4.69) is 20.6 Å². The summed E-state index contributed by atoms with van der Waals surface area (Å²) < 4.78 is 14.0. The average Bonchev–Trinajstić information content (AvgIpc) is 3.40. The van der Waals surface area contributed by atoms with Gasteiger partial charge in [-0.05, 0) is 36.4 Å². The molecule has 2 heterocycles. The monoisotopic (exact) mass is 442 g/mol. The standard InChI is InChI=1S/C19H15FN6O2S2/c20-11-5-7-12(8-6-11)26-15(17(21)27)9-14(25-26)18(28)23-13-3-1-2-4-16(13)30-19-24-22-10-29-19/h1-8,10,15H,9H2,(H2,21,27)(H,23,28). The van der Waals surface area contributed by atoms with Gasteiger partial charge in [-0.2, -0.15) is 5.10 Å². The van der Waals surface area contributed by atoms with Gasteiger partial charge in [0.2, 0.25) is 5.91 Å². The van der Waals surface area contributed by atoms with Gasteiger partial charge in [-0.3, -0.25) is 14.6 Å². The number of primary amides is 1. The number of aromatic nitrogens is 2. The van der Waals surface area contributed by atoms with Gasteiger partial charge in [-0.1, -0.05) is 35.2 Å². The molecule has 0 radical (unpaired) electrons. The smallest absolute Gasteiger partial charge is 0.271 e. The van der Waals surface area contributed by atoms with Gasteiger partial charge in [0.1, 0.15) is 23.1 Å². The number of amides is 2. The van der Waals surface area contributed by atoms with Crippen molar-refractivity contribution in [3.8, 4) is 0 Å². The van der Waals surface area contributed by atoms with Crippen LogP contribution >= 0.6 is 23.1 Å². The molecule has 0 fully saturated rings. The molecule has 1 unspecified atom stereocenters. The molecule has 8 nitrogen and oxygen atoms in total. The molecule has 3 aromatic rings. The Hall–Kier alpha value is -3.31. The summed E-state index contributed by atoms with van der Waals surface area (Å²) in [5, 5.41) is 16.3. The summed E-state index contributed by atoms with van der Waals surface area (Å²) in [6.07, 6.45) is 0.0459. The molecule has 0 bridgehead atoms. The number of nitrogens with zero attached hydrogens (tertiary/aromatic N) is 4. The van der Waals surface area contributed by atoms with Crippen molar-refractivity contribution in [2.75, 3.05) is 10.3 Å². The van der Waals surface area contributed by atoms with E-state index in [1.165, 1.54) is 52.4 Å². The number of benzene rings is 2. The van der Waals surface area contributed by atoms with Crippen molar-refractivity contribution >= 4 is 52.0 Å². The Kier molecular flexibility index (Phi) is 5.72. The number of hydrogen-bond donors (Lipinski definition) is 2. The Morgan fingerprint density at radius 2 is 1.97 bits per heavy atom. The first-order chi connectivity index (χ1) is 14.5. The molecular weight excluding hydrogens is 427 g/mol. The zero-order chi connectivity index (χ0) is 21.1. The maximum atomic E-state index is 13.2. The molecule has 2 amide bonds. The fourth-order valence-electron chi connectivity index (χ4n) is 2.86. The molecule has 30 heavy (non-hydrogen) atoms. The quantitative estimate of drug-likeness (QED) is 0.607. The predicted octanol–water partition coefficient (Wildman–Crippen LogP) is 2.89. The van der Waals surface area contributed by atoms with Gasteiger partial charge in [0.05, 0.1) is 11.4 Å². The van der Waals surface area contributed by atoms with Crippen LogP contribution in [0.25, 0.3) is 0 Å². The topological polar surface area (TPSA) is 114 Å². The molecule has 4 rings (SSSR count). The highest BCUT2D eigenvalue weighted by Crippen LogP contribution is 2.34. The molecule has 1 aliphatic rings. The van der Waals surface area contributed by atoms with E-state index in [0.29, 0.717) is 11.4 Å². The van der Waals surface area contributed by atoms with E-state index in [1.807, 2.05) is 12.1 Å². The van der Waals surface area contributed by atoms with Crippen molar-refractivity contribution in [3.05, 3.63) is 59.9 Å². The fourth-order valence-corrected chi connectivity index (χ4v) is 4.38. The summed E-state index contributed by atoms with van der Waals surface area (Å²) >= 11 is 2.77. The minimum Gasteiger partial charge on any atom is -0.368 e. The minimum absolute atomic E-state index is 0.0459. The average molecular weight is 443 g/mol. The van der Waals surface area contributed by atoms with E-state index in [0.717, 1.165) is 9.24 Å². The minimum atomic E-state index is -0.831. The highest BCUT2D eigenvalue weighted by atomic mass is 32.2. The molecule has 1 aliphatic heterocycles. The molecule has 0 aliphatic carbocycles. The highest BCUT2D eigenvalue weighted by molar-refractivity contribution is 8.01. The summed E-state index contributed by atoms with van der Waals surface area (Å²) in [5.41, 5.74) is 8.33. The third-order valence-corrected chi connectivity index (χ3v) is 6.12. The van der Waals surface area contributed by atoms with E-state index in [4.69, 9.17) is 5.73 Å². The summed E-state index contributed by atoms with van der Waals surface area (Å²) in [4.78, 5) is 25.5. The van der Waals surface area contributed by atoms with Crippen molar-refractivity contribution < 1.29 is 14.0 Å². The Bertz CT molecular complexity index is 1100. The van der Waals surface area contributed by atoms with Gasteiger partial charge in [0.15, 0.2) is 4.34 Å². The van der Waals surface area contributed by atoms with Crippen LogP contribution in [0.1, 0.15) is 6.42 Å². The Balaban J connectivity index is 1.55. The van der Waals surface area contributed by atoms with Crippen LogP contribution < -0.4 is 16.1 Å². The van der Waals surface area contributed by atoms with Crippen LogP contribution in [0.4, 0.5) is 15.8 Å². The summed E-state index contributed by atoms with van der Waals surface area (Å²) in [5.74, 6) is -1.49. The van der Waals surface area contributed by atoms with Crippen LogP contribution in [0.3, 0.4) is 0 Å². The number of carbonyl (C=O) groups is 2. The maximum Gasteiger partial charge on any atom is 0.271 e. The molecule has 0 spiro atoms. The fraction of sp³-hybridized carbons (Fsp3) is 0.105. The van der Waals surface area contributed by atoms with Gasteiger partial charge >= 0.3 is 0 Å². The van der Waals surface area contributed by atoms with E-state index < -0.39 is 23.7 Å². The van der Waals surface area contributed by atoms with E-state index in [9.17, 15) is 14.0 Å². The van der Waals surface area contributed by atoms with Crippen molar-refractivity contribution in [2.45, 2.75) is 21.7 Å². The van der Waals surface area contributed by atoms with Crippen LogP contribution in [0.2, 0.25) is 0 Å². The molecule has 3 N–H and O–H groups in total. The van der Waals surface area contributed by atoms with Gasteiger partial charge in [0.25, 0.3) is 5.91 Å². The SMILES string of the molecule is NC(=O)C1CC(C(=O)Nc2ccccc2Sc2nncs2)=NN1c1ccc(F)cc1. The number of carbonyl (C=O) groups excluding carboxylic acids is 2. The van der Waals surface area contributed by atoms with E-state index in [-0.39, 0.29) is 12.1 Å². The second-order valence-corrected chi connectivity index (χ2v) is 8.37. The number of rotatable bonds is 6. The Morgan fingerprint density at radius 3 is 2.67 bits per heavy atom. The first-order valence-corrected chi connectivity index (χ1v) is 10.5. The molecule has 1 aromatic heterocycles. The van der Waals surface area contributed by atoms with Crippen LogP contribution in [0, 0.1) is 5.82 Å². The molecule has 11 heteroatoms.